The van der Waals surface area contributed by atoms with Crippen molar-refractivity contribution < 1.29 is 78.8 Å². The normalized spacial score (nSPS) is 15.1. The topological polar surface area (TPSA) is 274 Å². The predicted octanol–water partition coefficient (Wildman–Crippen LogP) is 2.37. The van der Waals surface area contributed by atoms with Crippen molar-refractivity contribution in [1.82, 2.24) is 15.0 Å². The number of carbonyl (C=O) groups is 1. The zero-order valence-corrected chi connectivity index (χ0v) is 38.6. The van der Waals surface area contributed by atoms with Gasteiger partial charge in [0.05, 0.1) is 111 Å². The van der Waals surface area contributed by atoms with E-state index in [9.17, 15) is 45.6 Å². The van der Waals surface area contributed by atoms with Gasteiger partial charge in [0.15, 0.2) is 0 Å². The molecule has 0 saturated heterocycles. The molecule has 8 N–H and O–H groups in total. The first kappa shape index (κ1) is 58.4. The molecule has 65 heavy (non-hydrogen) atoms. The van der Waals surface area contributed by atoms with Crippen LogP contribution in [-0.4, -0.2) is 198 Å². The molecular formula is C46H81N3O16. The van der Waals surface area contributed by atoms with Crippen molar-refractivity contribution in [2.45, 2.75) is 139 Å². The quantitative estimate of drug-likeness (QED) is 0.0350. The summed E-state index contributed by atoms with van der Waals surface area (Å²) in [5.74, 6) is -0.400. The number of benzene rings is 1. The molecule has 0 aliphatic rings. The van der Waals surface area contributed by atoms with E-state index in [2.05, 4.69) is 17.2 Å². The van der Waals surface area contributed by atoms with E-state index >= 15 is 0 Å². The van der Waals surface area contributed by atoms with Crippen LogP contribution in [-0.2, 0) is 33.2 Å². The second kappa shape index (κ2) is 38.3. The Labute approximate surface area is 384 Å². The van der Waals surface area contributed by atoms with E-state index in [1.807, 2.05) is 0 Å². The highest BCUT2D eigenvalue weighted by Gasteiger charge is 2.23. The molecule has 2 aromatic rings. The number of carbonyl (C=O) groups excluding carboxylic acids is 1. The number of aliphatic hydroxyl groups excluding tert-OH is 8. The van der Waals surface area contributed by atoms with Crippen LogP contribution in [0.2, 0.25) is 0 Å². The van der Waals surface area contributed by atoms with Crippen LogP contribution in [0.25, 0.3) is 11.3 Å². The van der Waals surface area contributed by atoms with E-state index in [1.54, 1.807) is 30.5 Å². The van der Waals surface area contributed by atoms with Crippen LogP contribution in [0.5, 0.6) is 0 Å². The number of rotatable bonds is 44. The Balaban J connectivity index is 2.05. The van der Waals surface area contributed by atoms with Crippen LogP contribution < -0.4 is 0 Å². The largest absolute Gasteiger partial charge is 0.462 e. The number of unbranched alkanes of at least 4 members (excludes halogenated alkanes) is 13. The zero-order valence-electron chi connectivity index (χ0n) is 38.6. The Morgan fingerprint density at radius 1 is 0.538 bits per heavy atom. The van der Waals surface area contributed by atoms with Crippen LogP contribution in [0.3, 0.4) is 0 Å². The molecule has 376 valence electrons. The minimum atomic E-state index is -1.11. The van der Waals surface area contributed by atoms with Crippen molar-refractivity contribution in [2.24, 2.45) is 0 Å². The monoisotopic (exact) mass is 932 g/mol. The number of aromatic nitrogens is 3. The molecule has 4 unspecified atom stereocenters. The Bertz CT molecular complexity index is 1340. The van der Waals surface area contributed by atoms with E-state index in [0.29, 0.717) is 23.4 Å². The highest BCUT2D eigenvalue weighted by atomic mass is 16.6. The molecule has 0 spiro atoms. The van der Waals surface area contributed by atoms with E-state index in [1.165, 1.54) is 75.3 Å². The van der Waals surface area contributed by atoms with Gasteiger partial charge in [0.1, 0.15) is 48.4 Å². The summed E-state index contributed by atoms with van der Waals surface area (Å²) in [5.41, 5.74) is 1.57. The lowest BCUT2D eigenvalue weighted by molar-refractivity contribution is -0.112. The summed E-state index contributed by atoms with van der Waals surface area (Å²) in [7, 11) is 0. The van der Waals surface area contributed by atoms with Gasteiger partial charge in [-0.1, -0.05) is 108 Å². The second-order valence-corrected chi connectivity index (χ2v) is 16.5. The van der Waals surface area contributed by atoms with Crippen LogP contribution in [0.15, 0.2) is 30.5 Å². The number of esters is 1. The van der Waals surface area contributed by atoms with Crippen LogP contribution in [0.1, 0.15) is 113 Å². The molecule has 1 heterocycles. The summed E-state index contributed by atoms with van der Waals surface area (Å²) in [6.07, 6.45) is 13.2. The number of hydrogen-bond acceptors (Lipinski definition) is 18. The van der Waals surface area contributed by atoms with Crippen LogP contribution >= 0.6 is 0 Å². The Kier molecular flexibility index (Phi) is 34.4. The van der Waals surface area contributed by atoms with E-state index in [4.69, 9.17) is 33.2 Å². The number of aliphatic hydroxyl groups is 8. The van der Waals surface area contributed by atoms with Crippen molar-refractivity contribution >= 4 is 5.97 Å². The van der Waals surface area contributed by atoms with Gasteiger partial charge < -0.3 is 74.0 Å². The molecule has 0 aliphatic carbocycles. The van der Waals surface area contributed by atoms with Crippen LogP contribution in [0, 0.1) is 0 Å². The van der Waals surface area contributed by atoms with Gasteiger partial charge >= 0.3 is 5.97 Å². The molecule has 0 aliphatic heterocycles. The molecule has 19 heteroatoms. The van der Waals surface area contributed by atoms with Gasteiger partial charge in [0.25, 0.3) is 0 Å². The highest BCUT2D eigenvalue weighted by molar-refractivity contribution is 5.90. The minimum absolute atomic E-state index is 0.0593. The summed E-state index contributed by atoms with van der Waals surface area (Å²) in [6.45, 7) is -0.503. The molecule has 0 saturated carbocycles. The molecule has 0 bridgehead atoms. The van der Waals surface area contributed by atoms with Crippen molar-refractivity contribution in [3.8, 4) is 11.3 Å². The minimum Gasteiger partial charge on any atom is -0.462 e. The first-order valence-corrected chi connectivity index (χ1v) is 23.5. The summed E-state index contributed by atoms with van der Waals surface area (Å²) >= 11 is 0. The number of ether oxygens (including phenoxy) is 7. The average molecular weight is 932 g/mol. The van der Waals surface area contributed by atoms with Gasteiger partial charge in [-0.05, 0) is 18.6 Å². The molecule has 0 fully saturated rings. The lowest BCUT2D eigenvalue weighted by Gasteiger charge is -2.25. The fourth-order valence-electron chi connectivity index (χ4n) is 6.45. The molecule has 1 aromatic heterocycles. The van der Waals surface area contributed by atoms with Gasteiger partial charge in [-0.3, -0.25) is 0 Å². The van der Waals surface area contributed by atoms with Gasteiger partial charge in [-0.15, -0.1) is 5.10 Å². The molecule has 19 nitrogen and oxygen atoms in total. The third kappa shape index (κ3) is 28.3. The maximum atomic E-state index is 12.8. The maximum Gasteiger partial charge on any atom is 0.338 e. The number of hydrogen-bond donors (Lipinski definition) is 8. The SMILES string of the molecule is CCCCCCCCCCCCCCCCOC(=O)c1ccc(-c2cn(C(COC(COCC(O)CO)COCC(O)CO)COC(COCC(O)CO)COCC(O)CO)nn2)cc1. The van der Waals surface area contributed by atoms with Crippen molar-refractivity contribution in [3.05, 3.63) is 36.0 Å². The molecule has 2 rings (SSSR count). The summed E-state index contributed by atoms with van der Waals surface area (Å²) in [4.78, 5) is 12.8. The fourth-order valence-corrected chi connectivity index (χ4v) is 6.45. The lowest BCUT2D eigenvalue weighted by Crippen LogP contribution is -2.35. The van der Waals surface area contributed by atoms with Gasteiger partial charge in [-0.25, -0.2) is 9.48 Å². The van der Waals surface area contributed by atoms with Gasteiger partial charge in [-0.2, -0.15) is 0 Å². The third-order valence-corrected chi connectivity index (χ3v) is 10.4. The van der Waals surface area contributed by atoms with E-state index in [-0.39, 0.29) is 66.1 Å². The lowest BCUT2D eigenvalue weighted by atomic mass is 10.0. The molecule has 0 amide bonds. The highest BCUT2D eigenvalue weighted by Crippen LogP contribution is 2.21. The standard InChI is InChI=1S/C46H81N3O16/c1-2-3-4-5-6-7-8-9-10-11-12-13-14-15-20-63-46(58)37-18-16-36(17-19-37)45-21-49(48-47-45)38(26-64-43(32-59-28-39(54)22-50)33-60-29-40(55)23-51)27-65-44(34-61-30-41(56)24-52)35-62-31-42(57)25-53/h16-19,21,38-44,50-57H,2-15,20,22-35H2,1H3. The summed E-state index contributed by atoms with van der Waals surface area (Å²) in [5, 5.41) is 84.6. The zero-order chi connectivity index (χ0) is 47.3. The summed E-state index contributed by atoms with van der Waals surface area (Å²) in [6, 6.07) is 6.17. The first-order valence-electron chi connectivity index (χ1n) is 23.5. The van der Waals surface area contributed by atoms with Gasteiger partial charge in [0, 0.05) is 5.56 Å². The van der Waals surface area contributed by atoms with Crippen LogP contribution in [0.4, 0.5) is 0 Å². The Hall–Kier alpha value is -2.73. The summed E-state index contributed by atoms with van der Waals surface area (Å²) < 4.78 is 41.6. The van der Waals surface area contributed by atoms with E-state index in [0.717, 1.165) is 19.3 Å². The molecule has 1 aromatic carbocycles. The predicted molar refractivity (Wildman–Crippen MR) is 240 cm³/mol. The molecule has 4 atom stereocenters. The fraction of sp³-hybridized carbons (Fsp3) is 0.804. The van der Waals surface area contributed by atoms with Crippen molar-refractivity contribution in [2.75, 3.05) is 99.1 Å². The first-order chi connectivity index (χ1) is 31.6. The van der Waals surface area contributed by atoms with Crippen molar-refractivity contribution in [3.63, 3.8) is 0 Å². The smallest absolute Gasteiger partial charge is 0.338 e. The molecule has 0 radical (unpaired) electrons. The Morgan fingerprint density at radius 3 is 1.31 bits per heavy atom. The average Bonchev–Trinajstić information content (AvgIpc) is 3.82. The third-order valence-electron chi connectivity index (χ3n) is 10.4. The van der Waals surface area contributed by atoms with Crippen molar-refractivity contribution in [1.29, 1.82) is 0 Å². The molecular weight excluding hydrogens is 851 g/mol. The Morgan fingerprint density at radius 2 is 0.923 bits per heavy atom. The second-order valence-electron chi connectivity index (χ2n) is 16.5. The van der Waals surface area contributed by atoms with Gasteiger partial charge in [0.2, 0.25) is 0 Å². The number of nitrogens with zero attached hydrogens (tertiary/aromatic N) is 3. The van der Waals surface area contributed by atoms with E-state index < -0.39 is 75.1 Å². The maximum absolute atomic E-state index is 12.8.